The van der Waals surface area contributed by atoms with Crippen LogP contribution in [0.1, 0.15) is 27.9 Å². The van der Waals surface area contributed by atoms with Crippen molar-refractivity contribution in [1.29, 1.82) is 0 Å². The molecule has 0 atom stereocenters. The van der Waals surface area contributed by atoms with Crippen molar-refractivity contribution >= 4 is 18.3 Å². The van der Waals surface area contributed by atoms with E-state index in [2.05, 4.69) is 5.32 Å². The fourth-order valence-electron chi connectivity index (χ4n) is 1.29. The fraction of sp³-hybridized carbons (Fsp3) is 0.417. The molecule has 1 aromatic carbocycles. The lowest BCUT2D eigenvalue weighted by atomic mass is 10.1. The number of rotatable bonds is 4. The fourth-order valence-corrected chi connectivity index (χ4v) is 1.29. The molecule has 0 aliphatic rings. The van der Waals surface area contributed by atoms with Crippen molar-refractivity contribution < 1.29 is 4.79 Å². The number of amides is 1. The molecule has 0 heterocycles. The van der Waals surface area contributed by atoms with Gasteiger partial charge in [0.1, 0.15) is 0 Å². The highest BCUT2D eigenvalue weighted by Gasteiger charge is 2.04. The predicted octanol–water partition coefficient (Wildman–Crippen LogP) is 1.80. The van der Waals surface area contributed by atoms with E-state index < -0.39 is 0 Å². The number of aryl methyl sites for hydroxylation is 2. The molecule has 0 bridgehead atoms. The number of halogens is 1. The first-order chi connectivity index (χ1) is 7.15. The maximum Gasteiger partial charge on any atom is 0.251 e. The van der Waals surface area contributed by atoms with Crippen molar-refractivity contribution in [2.75, 3.05) is 13.1 Å². The van der Waals surface area contributed by atoms with Crippen LogP contribution in [0.5, 0.6) is 0 Å². The molecule has 0 aromatic heterocycles. The molecular weight excluding hydrogens is 224 g/mol. The Hall–Kier alpha value is -1.06. The maximum absolute atomic E-state index is 11.6. The molecule has 0 unspecified atom stereocenters. The molecule has 4 heteroatoms. The standard InChI is InChI=1S/C12H18N2O.ClH/c1-9-4-5-11(8-10(9)2)12(15)14-7-3-6-13;/h4-5,8H,3,6-7,13H2,1-2H3,(H,14,15);1H. The molecule has 1 aromatic rings. The summed E-state index contributed by atoms with van der Waals surface area (Å²) in [7, 11) is 0. The van der Waals surface area contributed by atoms with Gasteiger partial charge in [0.25, 0.3) is 5.91 Å². The number of carbonyl (C=O) groups excluding carboxylic acids is 1. The lowest BCUT2D eigenvalue weighted by Crippen LogP contribution is -2.26. The minimum absolute atomic E-state index is 0. The Labute approximate surface area is 103 Å². The molecule has 0 aliphatic heterocycles. The summed E-state index contributed by atoms with van der Waals surface area (Å²) in [4.78, 5) is 11.6. The lowest BCUT2D eigenvalue weighted by Gasteiger charge is -2.06. The van der Waals surface area contributed by atoms with Gasteiger partial charge in [-0.15, -0.1) is 12.4 Å². The van der Waals surface area contributed by atoms with Crippen LogP contribution in [-0.2, 0) is 0 Å². The molecule has 90 valence electrons. The van der Waals surface area contributed by atoms with Gasteiger partial charge in [-0.1, -0.05) is 6.07 Å². The topological polar surface area (TPSA) is 55.1 Å². The van der Waals surface area contributed by atoms with Gasteiger partial charge in [0.05, 0.1) is 0 Å². The predicted molar refractivity (Wildman–Crippen MR) is 69.2 cm³/mol. The van der Waals surface area contributed by atoms with E-state index >= 15 is 0 Å². The minimum Gasteiger partial charge on any atom is -0.352 e. The first-order valence-electron chi connectivity index (χ1n) is 5.20. The molecule has 0 aliphatic carbocycles. The highest BCUT2D eigenvalue weighted by atomic mass is 35.5. The van der Waals surface area contributed by atoms with Crippen molar-refractivity contribution in [3.8, 4) is 0 Å². The summed E-state index contributed by atoms with van der Waals surface area (Å²) in [5.41, 5.74) is 8.41. The Bertz CT molecular complexity index is 353. The monoisotopic (exact) mass is 242 g/mol. The van der Waals surface area contributed by atoms with Crippen LogP contribution in [0.2, 0.25) is 0 Å². The highest BCUT2D eigenvalue weighted by Crippen LogP contribution is 2.09. The second-order valence-corrected chi connectivity index (χ2v) is 3.70. The Morgan fingerprint density at radius 2 is 2.00 bits per heavy atom. The van der Waals surface area contributed by atoms with Gasteiger partial charge in [-0.25, -0.2) is 0 Å². The highest BCUT2D eigenvalue weighted by molar-refractivity contribution is 5.94. The average molecular weight is 243 g/mol. The first-order valence-corrected chi connectivity index (χ1v) is 5.20. The Balaban J connectivity index is 0.00000225. The summed E-state index contributed by atoms with van der Waals surface area (Å²) >= 11 is 0. The Kier molecular flexibility index (Phi) is 6.77. The van der Waals surface area contributed by atoms with Gasteiger partial charge < -0.3 is 11.1 Å². The number of nitrogens with two attached hydrogens (primary N) is 1. The molecule has 1 rings (SSSR count). The van der Waals surface area contributed by atoms with Gasteiger partial charge >= 0.3 is 0 Å². The van der Waals surface area contributed by atoms with Gasteiger partial charge in [-0.2, -0.15) is 0 Å². The van der Waals surface area contributed by atoms with Crippen LogP contribution < -0.4 is 11.1 Å². The summed E-state index contributed by atoms with van der Waals surface area (Å²) in [5, 5.41) is 2.83. The van der Waals surface area contributed by atoms with Crippen molar-refractivity contribution in [3.05, 3.63) is 34.9 Å². The molecular formula is C12H19ClN2O. The zero-order valence-electron chi connectivity index (χ0n) is 9.75. The second-order valence-electron chi connectivity index (χ2n) is 3.70. The average Bonchev–Trinajstić information content (AvgIpc) is 2.22. The molecule has 0 saturated heterocycles. The number of hydrogen-bond acceptors (Lipinski definition) is 2. The van der Waals surface area contributed by atoms with Crippen LogP contribution in [0.4, 0.5) is 0 Å². The molecule has 1 amide bonds. The molecule has 16 heavy (non-hydrogen) atoms. The van der Waals surface area contributed by atoms with Gasteiger partial charge in [0.15, 0.2) is 0 Å². The van der Waals surface area contributed by atoms with E-state index in [0.717, 1.165) is 17.5 Å². The first kappa shape index (κ1) is 14.9. The van der Waals surface area contributed by atoms with Gasteiger partial charge in [-0.05, 0) is 50.1 Å². The third-order valence-electron chi connectivity index (χ3n) is 2.44. The van der Waals surface area contributed by atoms with Crippen molar-refractivity contribution in [1.82, 2.24) is 5.32 Å². The molecule has 0 saturated carbocycles. The van der Waals surface area contributed by atoms with Crippen molar-refractivity contribution in [2.45, 2.75) is 20.3 Å². The van der Waals surface area contributed by atoms with E-state index in [1.54, 1.807) is 0 Å². The molecule has 0 radical (unpaired) electrons. The molecule has 0 spiro atoms. The SMILES string of the molecule is Cc1ccc(C(=O)NCCCN)cc1C.Cl. The van der Waals surface area contributed by atoms with Crippen LogP contribution in [0, 0.1) is 13.8 Å². The van der Waals surface area contributed by atoms with Crippen molar-refractivity contribution in [2.24, 2.45) is 5.73 Å². The van der Waals surface area contributed by atoms with E-state index in [1.165, 1.54) is 5.56 Å². The summed E-state index contributed by atoms with van der Waals surface area (Å²) < 4.78 is 0. The van der Waals surface area contributed by atoms with Crippen LogP contribution in [0.15, 0.2) is 18.2 Å². The van der Waals surface area contributed by atoms with E-state index in [4.69, 9.17) is 5.73 Å². The smallest absolute Gasteiger partial charge is 0.251 e. The zero-order valence-corrected chi connectivity index (χ0v) is 10.6. The maximum atomic E-state index is 11.6. The van der Waals surface area contributed by atoms with E-state index in [-0.39, 0.29) is 18.3 Å². The van der Waals surface area contributed by atoms with Crippen LogP contribution in [0.25, 0.3) is 0 Å². The van der Waals surface area contributed by atoms with Gasteiger partial charge in [-0.3, -0.25) is 4.79 Å². The number of nitrogens with one attached hydrogen (secondary N) is 1. The Morgan fingerprint density at radius 3 is 2.56 bits per heavy atom. The third-order valence-corrected chi connectivity index (χ3v) is 2.44. The van der Waals surface area contributed by atoms with Gasteiger partial charge in [0, 0.05) is 12.1 Å². The normalized spacial score (nSPS) is 9.44. The summed E-state index contributed by atoms with van der Waals surface area (Å²) in [6.07, 6.45) is 0.816. The largest absolute Gasteiger partial charge is 0.352 e. The summed E-state index contributed by atoms with van der Waals surface area (Å²) in [6, 6.07) is 5.72. The third kappa shape index (κ3) is 4.21. The van der Waals surface area contributed by atoms with Crippen LogP contribution in [-0.4, -0.2) is 19.0 Å². The number of carbonyl (C=O) groups is 1. The number of benzene rings is 1. The minimum atomic E-state index is -0.0217. The van der Waals surface area contributed by atoms with E-state index in [9.17, 15) is 4.79 Å². The molecule has 0 fully saturated rings. The van der Waals surface area contributed by atoms with Crippen molar-refractivity contribution in [3.63, 3.8) is 0 Å². The molecule has 3 nitrogen and oxygen atoms in total. The summed E-state index contributed by atoms with van der Waals surface area (Å²) in [6.45, 7) is 5.28. The summed E-state index contributed by atoms with van der Waals surface area (Å²) in [5.74, 6) is -0.0217. The quantitative estimate of drug-likeness (QED) is 0.792. The van der Waals surface area contributed by atoms with Gasteiger partial charge in [0.2, 0.25) is 0 Å². The Morgan fingerprint density at radius 1 is 1.31 bits per heavy atom. The lowest BCUT2D eigenvalue weighted by molar-refractivity contribution is 0.0953. The van der Waals surface area contributed by atoms with Crippen LogP contribution in [0.3, 0.4) is 0 Å². The number of hydrogen-bond donors (Lipinski definition) is 2. The zero-order chi connectivity index (χ0) is 11.3. The van der Waals surface area contributed by atoms with E-state index in [1.807, 2.05) is 32.0 Å². The molecule has 3 N–H and O–H groups in total. The van der Waals surface area contributed by atoms with Crippen LogP contribution >= 0.6 is 12.4 Å². The second kappa shape index (κ2) is 7.25. The van der Waals surface area contributed by atoms with E-state index in [0.29, 0.717) is 13.1 Å².